The molecule has 0 spiro atoms. The highest BCUT2D eigenvalue weighted by atomic mass is 127. The Hall–Kier alpha value is -2.22. The Bertz CT molecular complexity index is 996. The first-order valence-corrected chi connectivity index (χ1v) is 9.59. The number of hydrogen-bond acceptors (Lipinski definition) is 5. The van der Waals surface area contributed by atoms with Crippen molar-refractivity contribution in [3.63, 3.8) is 0 Å². The number of pyridine rings is 1. The lowest BCUT2D eigenvalue weighted by Gasteiger charge is -2.11. The maximum atomic E-state index is 12.6. The lowest BCUT2D eigenvalue weighted by Crippen LogP contribution is -2.36. The Balaban J connectivity index is 0.00000320. The number of halogens is 4. The van der Waals surface area contributed by atoms with E-state index in [1.807, 2.05) is 32.0 Å². The molecule has 2 N–H and O–H groups in total. The van der Waals surface area contributed by atoms with Gasteiger partial charge in [-0.15, -0.1) is 35.3 Å². The van der Waals surface area contributed by atoms with Gasteiger partial charge in [0.25, 0.3) is 0 Å². The van der Waals surface area contributed by atoms with Crippen molar-refractivity contribution in [2.24, 2.45) is 4.99 Å². The first-order valence-electron chi connectivity index (χ1n) is 8.71. The zero-order valence-corrected chi connectivity index (χ0v) is 19.6. The Kier molecular flexibility index (Phi) is 8.18. The van der Waals surface area contributed by atoms with Gasteiger partial charge in [-0.25, -0.2) is 14.6 Å². The Morgan fingerprint density at radius 3 is 2.47 bits per heavy atom. The average molecular weight is 551 g/mol. The van der Waals surface area contributed by atoms with E-state index in [4.69, 9.17) is 0 Å². The summed E-state index contributed by atoms with van der Waals surface area (Å²) in [6, 6.07) is 5.78. The minimum Gasteiger partial charge on any atom is -0.352 e. The molecule has 162 valence electrons. The van der Waals surface area contributed by atoms with Crippen LogP contribution in [0.25, 0.3) is 5.82 Å². The highest BCUT2D eigenvalue weighted by Crippen LogP contribution is 2.29. The molecule has 7 nitrogen and oxygen atoms in total. The monoisotopic (exact) mass is 551 g/mol. The van der Waals surface area contributed by atoms with E-state index in [1.165, 1.54) is 0 Å². The third-order valence-corrected chi connectivity index (χ3v) is 4.82. The maximum Gasteiger partial charge on any atom is 0.434 e. The Morgan fingerprint density at radius 2 is 1.93 bits per heavy atom. The molecule has 0 saturated heterocycles. The highest BCUT2D eigenvalue weighted by molar-refractivity contribution is 14.0. The summed E-state index contributed by atoms with van der Waals surface area (Å²) in [5, 5.41) is 11.8. The van der Waals surface area contributed by atoms with Crippen LogP contribution < -0.4 is 10.6 Å². The van der Waals surface area contributed by atoms with Gasteiger partial charge in [0.05, 0.1) is 12.2 Å². The number of alkyl halides is 3. The van der Waals surface area contributed by atoms with Gasteiger partial charge in [-0.05, 0) is 31.5 Å². The molecule has 12 heteroatoms. The van der Waals surface area contributed by atoms with Crippen molar-refractivity contribution < 1.29 is 13.2 Å². The molecule has 0 fully saturated rings. The molecule has 3 aromatic heterocycles. The van der Waals surface area contributed by atoms with E-state index in [2.05, 4.69) is 30.7 Å². The van der Waals surface area contributed by atoms with Crippen LogP contribution in [0.3, 0.4) is 0 Å². The number of thiazole rings is 1. The van der Waals surface area contributed by atoms with Gasteiger partial charge in [-0.1, -0.05) is 6.07 Å². The molecular weight excluding hydrogens is 530 g/mol. The van der Waals surface area contributed by atoms with Gasteiger partial charge in [0.2, 0.25) is 0 Å². The van der Waals surface area contributed by atoms with Crippen molar-refractivity contribution in [1.29, 1.82) is 0 Å². The molecule has 3 aromatic rings. The van der Waals surface area contributed by atoms with Gasteiger partial charge in [-0.2, -0.15) is 18.3 Å². The summed E-state index contributed by atoms with van der Waals surface area (Å²) in [4.78, 5) is 12.1. The van der Waals surface area contributed by atoms with Gasteiger partial charge >= 0.3 is 6.18 Å². The van der Waals surface area contributed by atoms with Gasteiger partial charge in [0, 0.05) is 30.9 Å². The third kappa shape index (κ3) is 6.14. The fourth-order valence-corrected chi connectivity index (χ4v) is 3.34. The average Bonchev–Trinajstić information content (AvgIpc) is 3.28. The van der Waals surface area contributed by atoms with E-state index in [0.717, 1.165) is 39.5 Å². The zero-order valence-electron chi connectivity index (χ0n) is 16.5. The number of nitrogens with zero attached hydrogens (tertiary/aromatic N) is 5. The summed E-state index contributed by atoms with van der Waals surface area (Å²) in [5.74, 6) is 1.18. The zero-order chi connectivity index (χ0) is 21.0. The summed E-state index contributed by atoms with van der Waals surface area (Å²) in [6.45, 7) is 4.49. The van der Waals surface area contributed by atoms with Crippen LogP contribution in [-0.2, 0) is 19.3 Å². The lowest BCUT2D eigenvalue weighted by molar-refractivity contribution is -0.140. The Labute approximate surface area is 192 Å². The van der Waals surface area contributed by atoms with Crippen molar-refractivity contribution in [1.82, 2.24) is 30.4 Å². The number of rotatable bonds is 5. The van der Waals surface area contributed by atoms with E-state index in [9.17, 15) is 13.2 Å². The molecule has 3 rings (SSSR count). The molecule has 0 amide bonds. The van der Waals surface area contributed by atoms with Crippen LogP contribution in [-0.4, -0.2) is 32.8 Å². The molecular formula is C18H21F3IN7S. The molecule has 0 aliphatic rings. The van der Waals surface area contributed by atoms with Gasteiger partial charge in [0.1, 0.15) is 5.01 Å². The second-order valence-electron chi connectivity index (χ2n) is 6.27. The summed E-state index contributed by atoms with van der Waals surface area (Å²) in [5.41, 5.74) is 1.97. The molecule has 0 radical (unpaired) electrons. The van der Waals surface area contributed by atoms with Gasteiger partial charge in [-0.3, -0.25) is 4.99 Å². The van der Waals surface area contributed by atoms with Crippen LogP contribution in [0.1, 0.15) is 27.7 Å². The molecule has 0 aliphatic heterocycles. The van der Waals surface area contributed by atoms with Crippen LogP contribution in [0.4, 0.5) is 13.2 Å². The van der Waals surface area contributed by atoms with Crippen molar-refractivity contribution in [3.05, 3.63) is 57.4 Å². The second-order valence-corrected chi connectivity index (χ2v) is 7.21. The van der Waals surface area contributed by atoms with Crippen LogP contribution in [0.15, 0.2) is 34.8 Å². The summed E-state index contributed by atoms with van der Waals surface area (Å²) < 4.78 is 39.6. The summed E-state index contributed by atoms with van der Waals surface area (Å²) in [6.07, 6.45) is -2.69. The molecule has 3 heterocycles. The predicted molar refractivity (Wildman–Crippen MR) is 120 cm³/mol. The van der Waals surface area contributed by atoms with Crippen LogP contribution in [0, 0.1) is 13.8 Å². The summed E-state index contributed by atoms with van der Waals surface area (Å²) in [7, 11) is 1.59. The van der Waals surface area contributed by atoms with Crippen molar-refractivity contribution in [2.45, 2.75) is 33.1 Å². The molecule has 0 saturated carbocycles. The van der Waals surface area contributed by atoms with E-state index < -0.39 is 11.9 Å². The van der Waals surface area contributed by atoms with Gasteiger partial charge in [0.15, 0.2) is 17.5 Å². The van der Waals surface area contributed by atoms with Gasteiger partial charge < -0.3 is 10.6 Å². The largest absolute Gasteiger partial charge is 0.434 e. The van der Waals surface area contributed by atoms with E-state index in [-0.39, 0.29) is 30.5 Å². The first-order chi connectivity index (χ1) is 13.8. The lowest BCUT2D eigenvalue weighted by atomic mass is 10.3. The summed E-state index contributed by atoms with van der Waals surface area (Å²) >= 11 is 0.951. The molecule has 30 heavy (non-hydrogen) atoms. The fourth-order valence-electron chi connectivity index (χ4n) is 2.60. The topological polar surface area (TPSA) is 80.0 Å². The number of guanidine groups is 1. The first kappa shape index (κ1) is 24.1. The van der Waals surface area contributed by atoms with Crippen LogP contribution in [0.5, 0.6) is 0 Å². The van der Waals surface area contributed by atoms with Crippen LogP contribution >= 0.6 is 35.3 Å². The number of aromatic nitrogens is 4. The molecule has 0 aromatic carbocycles. The van der Waals surface area contributed by atoms with E-state index in [1.54, 1.807) is 17.9 Å². The van der Waals surface area contributed by atoms with Crippen molar-refractivity contribution in [3.8, 4) is 5.82 Å². The van der Waals surface area contributed by atoms with Crippen LogP contribution in [0.2, 0.25) is 0 Å². The minimum atomic E-state index is -4.43. The standard InChI is InChI=1S/C18H20F3N7S.HI/c1-11-6-12(2)28(27-11)15-5-4-13(7-23-15)8-24-17(22-3)25-9-16-26-14(10-29-16)18(19,20)21;/h4-7,10H,8-9H2,1-3H3,(H2,22,24,25);1H. The number of aryl methyl sites for hydroxylation is 2. The minimum absolute atomic E-state index is 0. The maximum absolute atomic E-state index is 12.6. The van der Waals surface area contributed by atoms with Crippen molar-refractivity contribution >= 4 is 41.3 Å². The SMILES string of the molecule is CN=C(NCc1ccc(-n2nc(C)cc2C)nc1)NCc1nc(C(F)(F)F)cs1.I. The molecule has 0 aliphatic carbocycles. The fraction of sp³-hybridized carbons (Fsp3) is 0.333. The predicted octanol–water partition coefficient (Wildman–Crippen LogP) is 3.84. The third-order valence-electron chi connectivity index (χ3n) is 3.97. The molecule has 0 unspecified atom stereocenters. The quantitative estimate of drug-likeness (QED) is 0.286. The Morgan fingerprint density at radius 1 is 1.20 bits per heavy atom. The normalized spacial score (nSPS) is 11.9. The molecule has 0 atom stereocenters. The van der Waals surface area contributed by atoms with E-state index >= 15 is 0 Å². The second kappa shape index (κ2) is 10.2. The molecule has 0 bridgehead atoms. The van der Waals surface area contributed by atoms with Crippen molar-refractivity contribution in [2.75, 3.05) is 7.05 Å². The smallest absolute Gasteiger partial charge is 0.352 e. The number of aliphatic imine (C=N–C) groups is 1. The number of hydrogen-bond donors (Lipinski definition) is 2. The van der Waals surface area contributed by atoms with E-state index in [0.29, 0.717) is 17.5 Å². The number of nitrogens with one attached hydrogen (secondary N) is 2. The highest BCUT2D eigenvalue weighted by Gasteiger charge is 2.33.